The number of carbonyl (C=O) groups excluding carboxylic acids is 1. The van der Waals surface area contributed by atoms with E-state index < -0.39 is 0 Å². The van der Waals surface area contributed by atoms with Crippen molar-refractivity contribution in [1.82, 2.24) is 15.2 Å². The predicted octanol–water partition coefficient (Wildman–Crippen LogP) is 3.42. The van der Waals surface area contributed by atoms with E-state index in [1.807, 2.05) is 12.1 Å². The van der Waals surface area contributed by atoms with E-state index >= 15 is 0 Å². The van der Waals surface area contributed by atoms with Gasteiger partial charge in [0, 0.05) is 30.6 Å². The van der Waals surface area contributed by atoms with Crippen LogP contribution in [0.3, 0.4) is 0 Å². The van der Waals surface area contributed by atoms with Crippen LogP contribution in [-0.4, -0.2) is 35.4 Å². The Kier molecular flexibility index (Phi) is 5.46. The number of benzene rings is 1. The quantitative estimate of drug-likeness (QED) is 0.916. The molecule has 4 nitrogen and oxygen atoms in total. The first-order chi connectivity index (χ1) is 11.6. The van der Waals surface area contributed by atoms with E-state index in [4.69, 9.17) is 0 Å². The molecule has 4 heteroatoms. The molecule has 0 unspecified atom stereocenters. The van der Waals surface area contributed by atoms with Gasteiger partial charge in [0.25, 0.3) is 0 Å². The first kappa shape index (κ1) is 16.9. The van der Waals surface area contributed by atoms with Gasteiger partial charge >= 0.3 is 0 Å². The Morgan fingerprint density at radius 3 is 3.04 bits per heavy atom. The number of amides is 1. The Morgan fingerprint density at radius 2 is 2.21 bits per heavy atom. The fourth-order valence-electron chi connectivity index (χ4n) is 3.64. The average molecular weight is 325 g/mol. The summed E-state index contributed by atoms with van der Waals surface area (Å²) in [4.78, 5) is 19.1. The molecule has 1 atom stereocenters. The number of nitrogens with zero attached hydrogens (tertiary/aromatic N) is 2. The van der Waals surface area contributed by atoms with Crippen molar-refractivity contribution in [3.05, 3.63) is 41.6 Å². The third-order valence-corrected chi connectivity index (χ3v) is 5.22. The topological polar surface area (TPSA) is 45.2 Å². The molecule has 2 aromatic rings. The minimum Gasteiger partial charge on any atom is -0.352 e. The Balaban J connectivity index is 1.57. The van der Waals surface area contributed by atoms with Gasteiger partial charge in [0.1, 0.15) is 0 Å². The minimum atomic E-state index is 0.147. The monoisotopic (exact) mass is 325 g/mol. The second-order valence-corrected chi connectivity index (χ2v) is 6.88. The molecule has 1 aromatic carbocycles. The van der Waals surface area contributed by atoms with Gasteiger partial charge in [-0.05, 0) is 63.0 Å². The van der Waals surface area contributed by atoms with Crippen molar-refractivity contribution in [3.63, 3.8) is 0 Å². The number of carbonyl (C=O) groups is 1. The number of hydrogen-bond acceptors (Lipinski definition) is 3. The van der Waals surface area contributed by atoms with Crippen LogP contribution in [0.2, 0.25) is 0 Å². The molecule has 1 fully saturated rings. The highest BCUT2D eigenvalue weighted by Gasteiger charge is 2.19. The minimum absolute atomic E-state index is 0.147. The van der Waals surface area contributed by atoms with Crippen molar-refractivity contribution in [1.29, 1.82) is 0 Å². The molecule has 1 saturated heterocycles. The summed E-state index contributed by atoms with van der Waals surface area (Å²) in [7, 11) is 2.17. The zero-order valence-corrected chi connectivity index (χ0v) is 14.7. The van der Waals surface area contributed by atoms with Crippen LogP contribution in [0.15, 0.2) is 30.5 Å². The number of aromatic nitrogens is 1. The van der Waals surface area contributed by atoms with E-state index in [1.165, 1.54) is 30.4 Å². The fourth-order valence-corrected chi connectivity index (χ4v) is 3.64. The Bertz CT molecular complexity index is 713. The Hall–Kier alpha value is -1.94. The van der Waals surface area contributed by atoms with Gasteiger partial charge in [-0.1, -0.05) is 18.6 Å². The number of nitrogens with one attached hydrogen (secondary N) is 1. The largest absolute Gasteiger partial charge is 0.352 e. The molecule has 0 spiro atoms. The number of likely N-dealkylation sites (tertiary alicyclic amines) is 1. The average Bonchev–Trinajstić information content (AvgIpc) is 2.60. The van der Waals surface area contributed by atoms with E-state index in [2.05, 4.69) is 41.3 Å². The van der Waals surface area contributed by atoms with E-state index in [1.54, 1.807) is 6.20 Å². The van der Waals surface area contributed by atoms with Crippen LogP contribution in [-0.2, 0) is 11.3 Å². The number of hydrogen-bond donors (Lipinski definition) is 1. The molecular weight excluding hydrogens is 298 g/mol. The number of aryl methyl sites for hydroxylation is 1. The van der Waals surface area contributed by atoms with Gasteiger partial charge in [-0.2, -0.15) is 0 Å². The van der Waals surface area contributed by atoms with Crippen LogP contribution in [0.5, 0.6) is 0 Å². The number of piperidine rings is 1. The molecule has 2 heterocycles. The van der Waals surface area contributed by atoms with E-state index in [0.717, 1.165) is 23.9 Å². The molecule has 0 bridgehead atoms. The van der Waals surface area contributed by atoms with Crippen molar-refractivity contribution in [2.24, 2.45) is 0 Å². The molecular formula is C20H27N3O. The van der Waals surface area contributed by atoms with Gasteiger partial charge in [-0.15, -0.1) is 0 Å². The maximum Gasteiger partial charge on any atom is 0.220 e. The molecule has 1 amide bonds. The first-order valence-electron chi connectivity index (χ1n) is 8.95. The second-order valence-electron chi connectivity index (χ2n) is 6.88. The summed E-state index contributed by atoms with van der Waals surface area (Å²) in [5, 5.41) is 4.23. The maximum absolute atomic E-state index is 12.3. The summed E-state index contributed by atoms with van der Waals surface area (Å²) >= 11 is 0. The van der Waals surface area contributed by atoms with Crippen molar-refractivity contribution in [2.75, 3.05) is 13.6 Å². The standard InChI is InChI=1S/C20H27N3O/c1-15-8-10-19-17(7-5-12-21-19)18(15)14-22-20(24)11-9-16-6-3-4-13-23(16)2/h5,7-8,10,12,16H,3-4,6,9,11,13-14H2,1-2H3,(H,22,24)/t16-/m1/s1. The number of fused-ring (bicyclic) bond motifs is 1. The lowest BCUT2D eigenvalue weighted by Crippen LogP contribution is -2.37. The fraction of sp³-hybridized carbons (Fsp3) is 0.500. The Morgan fingerprint density at radius 1 is 1.33 bits per heavy atom. The lowest BCUT2D eigenvalue weighted by molar-refractivity contribution is -0.121. The predicted molar refractivity (Wildman–Crippen MR) is 97.8 cm³/mol. The van der Waals surface area contributed by atoms with Crippen molar-refractivity contribution in [3.8, 4) is 0 Å². The van der Waals surface area contributed by atoms with Gasteiger partial charge in [0.2, 0.25) is 5.91 Å². The molecule has 0 radical (unpaired) electrons. The summed E-state index contributed by atoms with van der Waals surface area (Å²) in [6.45, 7) is 3.83. The molecule has 24 heavy (non-hydrogen) atoms. The molecule has 3 rings (SSSR count). The normalized spacial score (nSPS) is 18.7. The zero-order chi connectivity index (χ0) is 16.9. The van der Waals surface area contributed by atoms with Gasteiger partial charge in [0.05, 0.1) is 5.52 Å². The number of rotatable bonds is 5. The lowest BCUT2D eigenvalue weighted by Gasteiger charge is -2.32. The van der Waals surface area contributed by atoms with E-state index in [0.29, 0.717) is 19.0 Å². The SMILES string of the molecule is Cc1ccc2ncccc2c1CNC(=O)CC[C@H]1CCCCN1C. The van der Waals surface area contributed by atoms with Gasteiger partial charge in [-0.3, -0.25) is 9.78 Å². The van der Waals surface area contributed by atoms with Crippen molar-refractivity contribution < 1.29 is 4.79 Å². The molecule has 1 N–H and O–H groups in total. The van der Waals surface area contributed by atoms with Crippen LogP contribution in [0.1, 0.15) is 43.2 Å². The molecule has 0 saturated carbocycles. The summed E-state index contributed by atoms with van der Waals surface area (Å²) in [5.74, 6) is 0.147. The summed E-state index contributed by atoms with van der Waals surface area (Å²) in [5.41, 5.74) is 3.35. The molecule has 1 aromatic heterocycles. The lowest BCUT2D eigenvalue weighted by atomic mass is 9.98. The van der Waals surface area contributed by atoms with Crippen LogP contribution in [0, 0.1) is 6.92 Å². The number of pyridine rings is 1. The highest BCUT2D eigenvalue weighted by molar-refractivity contribution is 5.84. The molecule has 0 aliphatic carbocycles. The van der Waals surface area contributed by atoms with Gasteiger partial charge < -0.3 is 10.2 Å². The van der Waals surface area contributed by atoms with Gasteiger partial charge in [-0.25, -0.2) is 0 Å². The Labute approximate surface area is 144 Å². The summed E-state index contributed by atoms with van der Waals surface area (Å²) < 4.78 is 0. The first-order valence-corrected chi connectivity index (χ1v) is 8.95. The highest BCUT2D eigenvalue weighted by atomic mass is 16.1. The smallest absolute Gasteiger partial charge is 0.220 e. The molecule has 1 aliphatic heterocycles. The summed E-state index contributed by atoms with van der Waals surface area (Å²) in [6.07, 6.45) is 7.17. The highest BCUT2D eigenvalue weighted by Crippen LogP contribution is 2.21. The second kappa shape index (κ2) is 7.75. The van der Waals surface area contributed by atoms with E-state index in [9.17, 15) is 4.79 Å². The van der Waals surface area contributed by atoms with Crippen LogP contribution in [0.25, 0.3) is 10.9 Å². The van der Waals surface area contributed by atoms with Gasteiger partial charge in [0.15, 0.2) is 0 Å². The van der Waals surface area contributed by atoms with Crippen LogP contribution < -0.4 is 5.32 Å². The van der Waals surface area contributed by atoms with Crippen LogP contribution >= 0.6 is 0 Å². The van der Waals surface area contributed by atoms with Crippen molar-refractivity contribution in [2.45, 2.75) is 51.6 Å². The van der Waals surface area contributed by atoms with E-state index in [-0.39, 0.29) is 5.91 Å². The molecule has 128 valence electrons. The maximum atomic E-state index is 12.3. The third-order valence-electron chi connectivity index (χ3n) is 5.22. The zero-order valence-electron chi connectivity index (χ0n) is 14.7. The van der Waals surface area contributed by atoms with Crippen molar-refractivity contribution >= 4 is 16.8 Å². The summed E-state index contributed by atoms with van der Waals surface area (Å²) in [6, 6.07) is 8.70. The van der Waals surface area contributed by atoms with Crippen LogP contribution in [0.4, 0.5) is 0 Å². The molecule has 1 aliphatic rings. The third kappa shape index (κ3) is 3.93.